The number of benzene rings is 1. The standard InChI is InChI=1S/C32H36N6O4/c1-21-25(7-6-8-27(21)41-5)30(39)36-32(4)11-13-37(14-12-32)28-10-9-22(17-34-28)26-15-24(42-20-31(2,3)40)19-38-29(26)23(16-33)18-35-38/h6-10,15,17-19,40H,11-14,20H2,1-5H3,(H,36,39). The van der Waals surface area contributed by atoms with Crippen LogP contribution in [-0.2, 0) is 0 Å². The average Bonchev–Trinajstić information content (AvgIpc) is 3.39. The number of nitrogens with one attached hydrogen (secondary N) is 1. The lowest BCUT2D eigenvalue weighted by molar-refractivity contribution is 0.0283. The van der Waals surface area contributed by atoms with Gasteiger partial charge in [-0.15, -0.1) is 0 Å². The van der Waals surface area contributed by atoms with Crippen LogP contribution < -0.4 is 19.7 Å². The zero-order chi connectivity index (χ0) is 30.1. The molecule has 1 amide bonds. The Balaban J connectivity index is 1.31. The molecule has 1 fully saturated rings. The molecule has 0 unspecified atom stereocenters. The van der Waals surface area contributed by atoms with Crippen molar-refractivity contribution < 1.29 is 19.4 Å². The molecular weight excluding hydrogens is 532 g/mol. The highest BCUT2D eigenvalue weighted by Crippen LogP contribution is 2.33. The Morgan fingerprint density at radius 1 is 1.21 bits per heavy atom. The molecule has 42 heavy (non-hydrogen) atoms. The molecule has 4 heterocycles. The van der Waals surface area contributed by atoms with Gasteiger partial charge >= 0.3 is 0 Å². The molecule has 1 aliphatic heterocycles. The topological polar surface area (TPSA) is 125 Å². The third-order valence-electron chi connectivity index (χ3n) is 7.71. The normalized spacial score (nSPS) is 14.8. The molecule has 1 aromatic carbocycles. The SMILES string of the molecule is COc1cccc(C(=O)NC2(C)CCN(c3ccc(-c4cc(OCC(C)(C)O)cn5ncc(C#N)c45)cn3)CC2)c1C. The number of carbonyl (C=O) groups excluding carboxylic acids is 1. The lowest BCUT2D eigenvalue weighted by Crippen LogP contribution is -2.53. The highest BCUT2D eigenvalue weighted by atomic mass is 16.5. The summed E-state index contributed by atoms with van der Waals surface area (Å²) >= 11 is 0. The van der Waals surface area contributed by atoms with Gasteiger partial charge in [0.05, 0.1) is 36.2 Å². The summed E-state index contributed by atoms with van der Waals surface area (Å²) in [5.41, 5.74) is 2.80. The Morgan fingerprint density at radius 3 is 2.62 bits per heavy atom. The Morgan fingerprint density at radius 2 is 1.98 bits per heavy atom. The molecule has 0 aliphatic carbocycles. The van der Waals surface area contributed by atoms with E-state index in [1.807, 2.05) is 43.3 Å². The van der Waals surface area contributed by atoms with Gasteiger partial charge in [-0.2, -0.15) is 10.4 Å². The van der Waals surface area contributed by atoms with Crippen molar-refractivity contribution in [2.75, 3.05) is 31.7 Å². The third-order valence-corrected chi connectivity index (χ3v) is 7.71. The highest BCUT2D eigenvalue weighted by Gasteiger charge is 2.33. The second-order valence-corrected chi connectivity index (χ2v) is 11.7. The summed E-state index contributed by atoms with van der Waals surface area (Å²) in [7, 11) is 1.61. The summed E-state index contributed by atoms with van der Waals surface area (Å²) in [5, 5.41) is 27.3. The van der Waals surface area contributed by atoms with Crippen molar-refractivity contribution in [3.05, 3.63) is 71.7 Å². The van der Waals surface area contributed by atoms with Crippen LogP contribution in [0.25, 0.3) is 16.6 Å². The van der Waals surface area contributed by atoms with E-state index in [4.69, 9.17) is 14.5 Å². The minimum absolute atomic E-state index is 0.0958. The largest absolute Gasteiger partial charge is 0.496 e. The zero-order valence-corrected chi connectivity index (χ0v) is 24.6. The summed E-state index contributed by atoms with van der Waals surface area (Å²) in [6.45, 7) is 8.93. The van der Waals surface area contributed by atoms with E-state index >= 15 is 0 Å². The Bertz CT molecular complexity index is 1640. The first-order valence-electron chi connectivity index (χ1n) is 13.9. The molecule has 3 aromatic heterocycles. The van der Waals surface area contributed by atoms with Gasteiger partial charge in [-0.1, -0.05) is 6.07 Å². The number of fused-ring (bicyclic) bond motifs is 1. The molecule has 0 spiro atoms. The molecule has 0 atom stereocenters. The summed E-state index contributed by atoms with van der Waals surface area (Å²) < 4.78 is 12.8. The molecule has 10 heteroatoms. The minimum Gasteiger partial charge on any atom is -0.496 e. The number of anilines is 1. The number of hydrogen-bond acceptors (Lipinski definition) is 8. The van der Waals surface area contributed by atoms with E-state index in [1.54, 1.807) is 37.9 Å². The number of pyridine rings is 2. The number of ether oxygens (including phenoxy) is 2. The highest BCUT2D eigenvalue weighted by molar-refractivity contribution is 5.96. The van der Waals surface area contributed by atoms with Crippen LogP contribution in [0.4, 0.5) is 5.82 Å². The van der Waals surface area contributed by atoms with Gasteiger partial charge in [0, 0.05) is 47.1 Å². The maximum atomic E-state index is 13.1. The molecular formula is C32H36N6O4. The summed E-state index contributed by atoms with van der Waals surface area (Å²) in [4.78, 5) is 20.1. The fourth-order valence-electron chi connectivity index (χ4n) is 5.25. The molecule has 218 valence electrons. The number of hydrogen-bond donors (Lipinski definition) is 2. The third kappa shape index (κ3) is 6.02. The smallest absolute Gasteiger partial charge is 0.252 e. The van der Waals surface area contributed by atoms with Gasteiger partial charge in [0.2, 0.25) is 0 Å². The summed E-state index contributed by atoms with van der Waals surface area (Å²) in [6.07, 6.45) is 6.56. The molecule has 1 aliphatic rings. The van der Waals surface area contributed by atoms with E-state index in [9.17, 15) is 15.2 Å². The average molecular weight is 569 g/mol. The van der Waals surface area contributed by atoms with Crippen molar-refractivity contribution in [1.82, 2.24) is 19.9 Å². The van der Waals surface area contributed by atoms with E-state index in [2.05, 4.69) is 28.3 Å². The number of carbonyl (C=O) groups is 1. The van der Waals surface area contributed by atoms with Crippen LogP contribution in [0.15, 0.2) is 55.0 Å². The van der Waals surface area contributed by atoms with E-state index in [0.717, 1.165) is 48.4 Å². The van der Waals surface area contributed by atoms with Crippen LogP contribution in [0, 0.1) is 18.3 Å². The minimum atomic E-state index is -0.998. The molecule has 4 aromatic rings. The van der Waals surface area contributed by atoms with Crippen molar-refractivity contribution in [1.29, 1.82) is 5.26 Å². The summed E-state index contributed by atoms with van der Waals surface area (Å²) in [5.74, 6) is 1.97. The number of aromatic nitrogens is 3. The first kappa shape index (κ1) is 28.9. The molecule has 0 radical (unpaired) electrons. The van der Waals surface area contributed by atoms with Gasteiger partial charge in [0.1, 0.15) is 30.0 Å². The van der Waals surface area contributed by atoms with Gasteiger partial charge in [0.15, 0.2) is 0 Å². The predicted octanol–water partition coefficient (Wildman–Crippen LogP) is 4.52. The number of aliphatic hydroxyl groups is 1. The van der Waals surface area contributed by atoms with Crippen molar-refractivity contribution in [2.24, 2.45) is 0 Å². The maximum absolute atomic E-state index is 13.1. The molecule has 5 rings (SSSR count). The fraction of sp³-hybridized carbons (Fsp3) is 0.375. The fourth-order valence-corrected chi connectivity index (χ4v) is 5.25. The van der Waals surface area contributed by atoms with Crippen molar-refractivity contribution in [2.45, 2.75) is 51.7 Å². The predicted molar refractivity (Wildman–Crippen MR) is 160 cm³/mol. The van der Waals surface area contributed by atoms with Gasteiger partial charge in [-0.05, 0) is 70.9 Å². The first-order valence-corrected chi connectivity index (χ1v) is 13.9. The van der Waals surface area contributed by atoms with Crippen LogP contribution in [0.2, 0.25) is 0 Å². The number of methoxy groups -OCH3 is 1. The van der Waals surface area contributed by atoms with E-state index in [0.29, 0.717) is 28.1 Å². The number of rotatable bonds is 8. The lowest BCUT2D eigenvalue weighted by atomic mass is 9.89. The molecule has 2 N–H and O–H groups in total. The van der Waals surface area contributed by atoms with Crippen molar-refractivity contribution in [3.63, 3.8) is 0 Å². The quantitative estimate of drug-likeness (QED) is 0.318. The molecule has 0 saturated carbocycles. The van der Waals surface area contributed by atoms with Crippen LogP contribution in [0.5, 0.6) is 11.5 Å². The van der Waals surface area contributed by atoms with Crippen LogP contribution in [-0.4, -0.2) is 63.6 Å². The Kier molecular flexibility index (Phi) is 7.80. The number of nitriles is 1. The zero-order valence-electron chi connectivity index (χ0n) is 24.6. The monoisotopic (exact) mass is 568 g/mol. The second kappa shape index (κ2) is 11.3. The second-order valence-electron chi connectivity index (χ2n) is 11.7. The molecule has 10 nitrogen and oxygen atoms in total. The van der Waals surface area contributed by atoms with Gasteiger partial charge in [-0.25, -0.2) is 9.50 Å². The number of amides is 1. The number of nitrogens with zero attached hydrogens (tertiary/aromatic N) is 5. The molecule has 0 bridgehead atoms. The Hall–Kier alpha value is -4.62. The van der Waals surface area contributed by atoms with Gasteiger partial charge in [0.25, 0.3) is 5.91 Å². The van der Waals surface area contributed by atoms with E-state index in [-0.39, 0.29) is 18.1 Å². The van der Waals surface area contributed by atoms with E-state index < -0.39 is 5.60 Å². The Labute approximate surface area is 245 Å². The lowest BCUT2D eigenvalue weighted by Gasteiger charge is -2.40. The number of piperidine rings is 1. The van der Waals surface area contributed by atoms with Crippen LogP contribution in [0.1, 0.15) is 55.1 Å². The van der Waals surface area contributed by atoms with Gasteiger partial charge < -0.3 is 24.8 Å². The van der Waals surface area contributed by atoms with Crippen molar-refractivity contribution >= 4 is 17.2 Å². The van der Waals surface area contributed by atoms with Crippen LogP contribution in [0.3, 0.4) is 0 Å². The maximum Gasteiger partial charge on any atom is 0.252 e. The van der Waals surface area contributed by atoms with Crippen molar-refractivity contribution in [3.8, 4) is 28.7 Å². The van der Waals surface area contributed by atoms with Crippen LogP contribution >= 0.6 is 0 Å². The van der Waals surface area contributed by atoms with E-state index in [1.165, 1.54) is 6.20 Å². The molecule has 1 saturated heterocycles. The first-order chi connectivity index (χ1) is 20.0. The van der Waals surface area contributed by atoms with Gasteiger partial charge in [-0.3, -0.25) is 4.79 Å². The summed E-state index contributed by atoms with van der Waals surface area (Å²) in [6, 6.07) is 13.5.